The number of nitrogens with zero attached hydrogens (tertiary/aromatic N) is 2. The average molecular weight is 458 g/mol. The molecule has 0 aliphatic rings. The van der Waals surface area contributed by atoms with E-state index in [2.05, 4.69) is 75.0 Å². The smallest absolute Gasteiger partial charge is 0.120 e. The third kappa shape index (κ3) is 6.67. The standard InChI is InChI=1S/C28H35N5O/c1-3-33(15-14-29-20-25-6-4-5-13-31-25)21-23-9-7-22(8-10-23)17-30-18-24-19-32-28-16-26(34-2)11-12-27(24)28/h4-13,16,19,29-30,32H,3,14-15,17-18,20-21H2,1-2H3. The molecule has 0 saturated carbocycles. The number of methoxy groups -OCH3 is 1. The Balaban J connectivity index is 1.20. The molecule has 4 rings (SSSR count). The summed E-state index contributed by atoms with van der Waals surface area (Å²) in [5, 5.41) is 8.30. The summed E-state index contributed by atoms with van der Waals surface area (Å²) < 4.78 is 5.31. The zero-order valence-corrected chi connectivity index (χ0v) is 20.2. The van der Waals surface area contributed by atoms with Crippen molar-refractivity contribution in [2.45, 2.75) is 33.1 Å². The van der Waals surface area contributed by atoms with Crippen LogP contribution in [0.5, 0.6) is 5.75 Å². The SMILES string of the molecule is CCN(CCNCc1ccccn1)Cc1ccc(CNCc2c[nH]c3cc(OC)ccc23)cc1. The summed E-state index contributed by atoms with van der Waals surface area (Å²) in [6, 6.07) is 21.2. The highest BCUT2D eigenvalue weighted by Gasteiger charge is 2.06. The van der Waals surface area contributed by atoms with Crippen molar-refractivity contribution in [2.75, 3.05) is 26.7 Å². The Bertz CT molecular complexity index is 1140. The fraction of sp³-hybridized carbons (Fsp3) is 0.321. The summed E-state index contributed by atoms with van der Waals surface area (Å²) in [4.78, 5) is 10.2. The monoisotopic (exact) mass is 457 g/mol. The number of ether oxygens (including phenoxy) is 1. The van der Waals surface area contributed by atoms with Gasteiger partial charge in [-0.05, 0) is 47.5 Å². The molecule has 0 bridgehead atoms. The Labute approximate surface area is 202 Å². The van der Waals surface area contributed by atoms with Gasteiger partial charge in [0.05, 0.1) is 12.8 Å². The van der Waals surface area contributed by atoms with E-state index >= 15 is 0 Å². The molecule has 0 radical (unpaired) electrons. The maximum Gasteiger partial charge on any atom is 0.120 e. The molecule has 6 nitrogen and oxygen atoms in total. The van der Waals surface area contributed by atoms with Crippen molar-refractivity contribution in [2.24, 2.45) is 0 Å². The van der Waals surface area contributed by atoms with Crippen molar-refractivity contribution in [3.05, 3.63) is 95.4 Å². The van der Waals surface area contributed by atoms with Gasteiger partial charge in [-0.15, -0.1) is 0 Å². The maximum absolute atomic E-state index is 5.31. The lowest BCUT2D eigenvalue weighted by Crippen LogP contribution is -2.31. The first-order valence-corrected chi connectivity index (χ1v) is 12.0. The quantitative estimate of drug-likeness (QED) is 0.259. The largest absolute Gasteiger partial charge is 0.497 e. The van der Waals surface area contributed by atoms with E-state index in [0.29, 0.717) is 0 Å². The highest BCUT2D eigenvalue weighted by atomic mass is 16.5. The van der Waals surface area contributed by atoms with Crippen LogP contribution in [0.3, 0.4) is 0 Å². The van der Waals surface area contributed by atoms with E-state index in [1.807, 2.05) is 30.5 Å². The number of hydrogen-bond donors (Lipinski definition) is 3. The molecular weight excluding hydrogens is 422 g/mol. The lowest BCUT2D eigenvalue weighted by molar-refractivity contribution is 0.279. The zero-order chi connectivity index (χ0) is 23.6. The molecule has 2 aromatic heterocycles. The van der Waals surface area contributed by atoms with E-state index in [1.54, 1.807) is 7.11 Å². The van der Waals surface area contributed by atoms with Crippen LogP contribution in [0.25, 0.3) is 10.9 Å². The summed E-state index contributed by atoms with van der Waals surface area (Å²) >= 11 is 0. The molecule has 0 aliphatic heterocycles. The van der Waals surface area contributed by atoms with E-state index in [4.69, 9.17) is 4.74 Å². The molecule has 0 atom stereocenters. The summed E-state index contributed by atoms with van der Waals surface area (Å²) in [7, 11) is 1.69. The molecule has 3 N–H and O–H groups in total. The van der Waals surface area contributed by atoms with E-state index < -0.39 is 0 Å². The molecular formula is C28H35N5O. The highest BCUT2D eigenvalue weighted by Crippen LogP contribution is 2.23. The topological polar surface area (TPSA) is 65.2 Å². The van der Waals surface area contributed by atoms with Gasteiger partial charge in [0.15, 0.2) is 0 Å². The summed E-state index contributed by atoms with van der Waals surface area (Å²) in [6.45, 7) is 8.67. The van der Waals surface area contributed by atoms with Crippen molar-refractivity contribution < 1.29 is 4.74 Å². The minimum atomic E-state index is 0.812. The highest BCUT2D eigenvalue weighted by molar-refractivity contribution is 5.84. The van der Waals surface area contributed by atoms with Crippen LogP contribution in [0.4, 0.5) is 0 Å². The summed E-state index contributed by atoms with van der Waals surface area (Å²) in [5.74, 6) is 0.872. The van der Waals surface area contributed by atoms with Crippen LogP contribution in [0.15, 0.2) is 73.1 Å². The minimum Gasteiger partial charge on any atom is -0.497 e. The van der Waals surface area contributed by atoms with Crippen molar-refractivity contribution in [1.29, 1.82) is 0 Å². The Hall–Kier alpha value is -3.19. The molecule has 0 aliphatic carbocycles. The van der Waals surface area contributed by atoms with Gasteiger partial charge < -0.3 is 20.4 Å². The van der Waals surface area contributed by atoms with Gasteiger partial charge >= 0.3 is 0 Å². The van der Waals surface area contributed by atoms with Crippen LogP contribution in [0, 0.1) is 0 Å². The minimum absolute atomic E-state index is 0.812. The van der Waals surface area contributed by atoms with Gasteiger partial charge in [-0.3, -0.25) is 9.88 Å². The molecule has 34 heavy (non-hydrogen) atoms. The van der Waals surface area contributed by atoms with Crippen LogP contribution in [-0.4, -0.2) is 41.6 Å². The van der Waals surface area contributed by atoms with Gasteiger partial charge in [0.25, 0.3) is 0 Å². The number of rotatable bonds is 13. The number of aromatic amines is 1. The Morgan fingerprint density at radius 2 is 1.79 bits per heavy atom. The fourth-order valence-electron chi connectivity index (χ4n) is 4.11. The number of pyridine rings is 1. The van der Waals surface area contributed by atoms with Gasteiger partial charge in [0.1, 0.15) is 5.75 Å². The predicted molar refractivity (Wildman–Crippen MR) is 139 cm³/mol. The summed E-state index contributed by atoms with van der Waals surface area (Å²) in [5.41, 5.74) is 6.10. The molecule has 178 valence electrons. The van der Waals surface area contributed by atoms with Crippen molar-refractivity contribution in [1.82, 2.24) is 25.5 Å². The van der Waals surface area contributed by atoms with Crippen LogP contribution < -0.4 is 15.4 Å². The zero-order valence-electron chi connectivity index (χ0n) is 20.2. The molecule has 0 unspecified atom stereocenters. The summed E-state index contributed by atoms with van der Waals surface area (Å²) in [6.07, 6.45) is 3.92. The normalized spacial score (nSPS) is 11.4. The first kappa shape index (κ1) is 24.0. The molecule has 0 spiro atoms. The molecule has 0 fully saturated rings. The number of hydrogen-bond acceptors (Lipinski definition) is 5. The van der Waals surface area contributed by atoms with Crippen LogP contribution in [0.1, 0.15) is 29.3 Å². The second-order valence-electron chi connectivity index (χ2n) is 8.51. The Kier molecular flexibility index (Phi) is 8.68. The predicted octanol–water partition coefficient (Wildman–Crippen LogP) is 4.47. The molecule has 0 saturated heterocycles. The first-order valence-electron chi connectivity index (χ1n) is 12.0. The molecule has 6 heteroatoms. The number of benzene rings is 2. The lowest BCUT2D eigenvalue weighted by atomic mass is 10.1. The van der Waals surface area contributed by atoms with Gasteiger partial charge in [0, 0.05) is 68.6 Å². The van der Waals surface area contributed by atoms with Gasteiger partial charge in [-0.1, -0.05) is 37.3 Å². The second-order valence-corrected chi connectivity index (χ2v) is 8.51. The van der Waals surface area contributed by atoms with Gasteiger partial charge in [-0.2, -0.15) is 0 Å². The lowest BCUT2D eigenvalue weighted by Gasteiger charge is -2.21. The molecule has 2 aromatic carbocycles. The number of likely N-dealkylation sites (N-methyl/N-ethyl adjacent to an activating group) is 1. The maximum atomic E-state index is 5.31. The Morgan fingerprint density at radius 1 is 0.941 bits per heavy atom. The molecule has 4 aromatic rings. The fourth-order valence-corrected chi connectivity index (χ4v) is 4.11. The third-order valence-corrected chi connectivity index (χ3v) is 6.13. The van der Waals surface area contributed by atoms with E-state index in [9.17, 15) is 0 Å². The van der Waals surface area contributed by atoms with E-state index in [0.717, 1.165) is 62.8 Å². The first-order chi connectivity index (χ1) is 16.7. The van der Waals surface area contributed by atoms with E-state index in [1.165, 1.54) is 22.1 Å². The molecule has 2 heterocycles. The molecule has 0 amide bonds. The van der Waals surface area contributed by atoms with E-state index in [-0.39, 0.29) is 0 Å². The van der Waals surface area contributed by atoms with Crippen LogP contribution in [0.2, 0.25) is 0 Å². The van der Waals surface area contributed by atoms with Crippen LogP contribution in [-0.2, 0) is 26.2 Å². The number of H-pyrrole nitrogens is 1. The number of nitrogens with one attached hydrogen (secondary N) is 3. The van der Waals surface area contributed by atoms with Gasteiger partial charge in [-0.25, -0.2) is 0 Å². The average Bonchev–Trinajstić information content (AvgIpc) is 3.29. The number of fused-ring (bicyclic) bond motifs is 1. The van der Waals surface area contributed by atoms with Crippen molar-refractivity contribution in [3.63, 3.8) is 0 Å². The van der Waals surface area contributed by atoms with Gasteiger partial charge in [0.2, 0.25) is 0 Å². The second kappa shape index (κ2) is 12.3. The third-order valence-electron chi connectivity index (χ3n) is 6.13. The van der Waals surface area contributed by atoms with Crippen LogP contribution >= 0.6 is 0 Å². The van der Waals surface area contributed by atoms with Crippen molar-refractivity contribution in [3.8, 4) is 5.75 Å². The van der Waals surface area contributed by atoms with Crippen molar-refractivity contribution >= 4 is 10.9 Å². The Morgan fingerprint density at radius 3 is 2.56 bits per heavy atom. The number of aromatic nitrogens is 2.